The van der Waals surface area contributed by atoms with Gasteiger partial charge in [0.05, 0.1) is 25.3 Å². The minimum Gasteiger partial charge on any atom is -0.497 e. The van der Waals surface area contributed by atoms with E-state index in [2.05, 4.69) is 4.74 Å². The van der Waals surface area contributed by atoms with Gasteiger partial charge in [-0.3, -0.25) is 0 Å². The van der Waals surface area contributed by atoms with Crippen LogP contribution in [0.25, 0.3) is 10.8 Å². The van der Waals surface area contributed by atoms with Gasteiger partial charge in [0.2, 0.25) is 0 Å². The predicted octanol–water partition coefficient (Wildman–Crippen LogP) is 3.85. The standard InChI is InChI=1S/C20H16O5/c1-23-17-9-7-13-8-10-18(12-16(13)11-17)25-20(22)15-5-3-14(4-6-15)19(21)24-2/h3-12H,1-2H3. The first-order valence-electron chi connectivity index (χ1n) is 7.59. The van der Waals surface area contributed by atoms with Crippen LogP contribution in [-0.4, -0.2) is 26.2 Å². The lowest BCUT2D eigenvalue weighted by Gasteiger charge is -2.07. The van der Waals surface area contributed by atoms with Crippen molar-refractivity contribution >= 4 is 22.7 Å². The Morgan fingerprint density at radius 2 is 1.24 bits per heavy atom. The van der Waals surface area contributed by atoms with Gasteiger partial charge >= 0.3 is 11.9 Å². The summed E-state index contributed by atoms with van der Waals surface area (Å²) in [6, 6.07) is 17.2. The number of carbonyl (C=O) groups excluding carboxylic acids is 2. The molecule has 0 aliphatic heterocycles. The van der Waals surface area contributed by atoms with Crippen LogP contribution in [0.1, 0.15) is 20.7 Å². The van der Waals surface area contributed by atoms with Crippen LogP contribution < -0.4 is 9.47 Å². The first-order chi connectivity index (χ1) is 12.1. The van der Waals surface area contributed by atoms with Crippen molar-refractivity contribution in [1.29, 1.82) is 0 Å². The molecule has 3 aromatic carbocycles. The summed E-state index contributed by atoms with van der Waals surface area (Å²) in [4.78, 5) is 23.7. The van der Waals surface area contributed by atoms with Gasteiger partial charge < -0.3 is 14.2 Å². The molecule has 0 heterocycles. The monoisotopic (exact) mass is 336 g/mol. The molecule has 0 aliphatic rings. The third-order valence-electron chi connectivity index (χ3n) is 3.77. The summed E-state index contributed by atoms with van der Waals surface area (Å²) in [6.45, 7) is 0. The Morgan fingerprint density at radius 1 is 0.680 bits per heavy atom. The molecule has 3 aromatic rings. The number of carbonyl (C=O) groups is 2. The lowest BCUT2D eigenvalue weighted by molar-refractivity contribution is 0.0599. The Bertz CT molecular complexity index is 928. The van der Waals surface area contributed by atoms with Crippen molar-refractivity contribution in [2.24, 2.45) is 0 Å². The fraction of sp³-hybridized carbons (Fsp3) is 0.100. The number of hydrogen-bond donors (Lipinski definition) is 0. The van der Waals surface area contributed by atoms with Gasteiger partial charge in [-0.1, -0.05) is 12.1 Å². The highest BCUT2D eigenvalue weighted by Gasteiger charge is 2.11. The molecule has 0 aromatic heterocycles. The summed E-state index contributed by atoms with van der Waals surface area (Å²) in [5.41, 5.74) is 0.718. The third-order valence-corrected chi connectivity index (χ3v) is 3.77. The second-order valence-corrected chi connectivity index (χ2v) is 5.33. The van der Waals surface area contributed by atoms with Crippen molar-refractivity contribution < 1.29 is 23.8 Å². The number of esters is 2. The summed E-state index contributed by atoms with van der Waals surface area (Å²) < 4.78 is 15.2. The molecule has 0 fully saturated rings. The number of benzene rings is 3. The largest absolute Gasteiger partial charge is 0.497 e. The lowest BCUT2D eigenvalue weighted by atomic mass is 10.1. The summed E-state index contributed by atoms with van der Waals surface area (Å²) in [6.07, 6.45) is 0. The maximum Gasteiger partial charge on any atom is 0.343 e. The molecule has 0 aliphatic carbocycles. The van der Waals surface area contributed by atoms with Crippen molar-refractivity contribution in [2.75, 3.05) is 14.2 Å². The Hall–Kier alpha value is -3.34. The quantitative estimate of drug-likeness (QED) is 0.535. The zero-order valence-corrected chi connectivity index (χ0v) is 13.8. The minimum absolute atomic E-state index is 0.346. The van der Waals surface area contributed by atoms with Gasteiger partial charge in [-0.2, -0.15) is 0 Å². The molecule has 0 unspecified atom stereocenters. The highest BCUT2D eigenvalue weighted by molar-refractivity contribution is 5.94. The smallest absolute Gasteiger partial charge is 0.343 e. The molecule has 126 valence electrons. The van der Waals surface area contributed by atoms with Crippen LogP contribution in [0.5, 0.6) is 11.5 Å². The van der Waals surface area contributed by atoms with E-state index in [0.717, 1.165) is 16.5 Å². The van der Waals surface area contributed by atoms with Gasteiger partial charge in [0.1, 0.15) is 11.5 Å². The molecule has 0 amide bonds. The molecule has 0 saturated carbocycles. The molecular formula is C20H16O5. The van der Waals surface area contributed by atoms with Crippen LogP contribution in [0.4, 0.5) is 0 Å². The normalized spacial score (nSPS) is 10.3. The molecule has 0 spiro atoms. The first-order valence-corrected chi connectivity index (χ1v) is 7.59. The summed E-state index contributed by atoms with van der Waals surface area (Å²) >= 11 is 0. The van der Waals surface area contributed by atoms with Gasteiger partial charge in [-0.15, -0.1) is 0 Å². The number of ether oxygens (including phenoxy) is 3. The second-order valence-electron chi connectivity index (χ2n) is 5.33. The average molecular weight is 336 g/mol. The van der Waals surface area contributed by atoms with E-state index in [1.54, 1.807) is 19.2 Å². The van der Waals surface area contributed by atoms with E-state index >= 15 is 0 Å². The summed E-state index contributed by atoms with van der Waals surface area (Å²) in [5, 5.41) is 1.92. The van der Waals surface area contributed by atoms with Crippen molar-refractivity contribution in [3.05, 3.63) is 71.8 Å². The molecule has 3 rings (SSSR count). The third kappa shape index (κ3) is 3.61. The summed E-state index contributed by atoms with van der Waals surface area (Å²) in [5.74, 6) is 0.208. The first kappa shape index (κ1) is 16.5. The van der Waals surface area contributed by atoms with Crippen molar-refractivity contribution in [3.8, 4) is 11.5 Å². The Morgan fingerprint density at radius 3 is 1.84 bits per heavy atom. The molecule has 25 heavy (non-hydrogen) atoms. The second kappa shape index (κ2) is 7.05. The van der Waals surface area contributed by atoms with Crippen LogP contribution >= 0.6 is 0 Å². The predicted molar refractivity (Wildman–Crippen MR) is 93.2 cm³/mol. The van der Waals surface area contributed by atoms with E-state index in [-0.39, 0.29) is 0 Å². The van der Waals surface area contributed by atoms with E-state index in [9.17, 15) is 9.59 Å². The number of hydrogen-bond acceptors (Lipinski definition) is 5. The van der Waals surface area contributed by atoms with Crippen LogP contribution in [0.2, 0.25) is 0 Å². The number of rotatable bonds is 4. The zero-order valence-electron chi connectivity index (χ0n) is 13.8. The van der Waals surface area contributed by atoms with Gasteiger partial charge in [0.15, 0.2) is 0 Å². The molecule has 5 nitrogen and oxygen atoms in total. The fourth-order valence-electron chi connectivity index (χ4n) is 2.42. The topological polar surface area (TPSA) is 61.8 Å². The van der Waals surface area contributed by atoms with E-state index < -0.39 is 11.9 Å². The van der Waals surface area contributed by atoms with E-state index in [1.807, 2.05) is 24.3 Å². The fourth-order valence-corrected chi connectivity index (χ4v) is 2.42. The lowest BCUT2D eigenvalue weighted by Crippen LogP contribution is -2.09. The Balaban J connectivity index is 1.80. The van der Waals surface area contributed by atoms with Crippen LogP contribution in [0, 0.1) is 0 Å². The van der Waals surface area contributed by atoms with Crippen LogP contribution in [0.15, 0.2) is 60.7 Å². The van der Waals surface area contributed by atoms with E-state index in [1.165, 1.54) is 31.4 Å². The van der Waals surface area contributed by atoms with Crippen LogP contribution in [0.3, 0.4) is 0 Å². The van der Waals surface area contributed by atoms with E-state index in [0.29, 0.717) is 16.9 Å². The summed E-state index contributed by atoms with van der Waals surface area (Å²) in [7, 11) is 2.91. The van der Waals surface area contributed by atoms with Gasteiger partial charge in [0, 0.05) is 0 Å². The highest BCUT2D eigenvalue weighted by atomic mass is 16.5. The van der Waals surface area contributed by atoms with E-state index in [4.69, 9.17) is 9.47 Å². The molecule has 0 atom stereocenters. The molecule has 0 N–H and O–H groups in total. The number of methoxy groups -OCH3 is 2. The molecule has 0 radical (unpaired) electrons. The van der Waals surface area contributed by atoms with Crippen LogP contribution in [-0.2, 0) is 4.74 Å². The molecule has 0 bridgehead atoms. The number of fused-ring (bicyclic) bond motifs is 1. The maximum absolute atomic E-state index is 12.3. The zero-order chi connectivity index (χ0) is 17.8. The minimum atomic E-state index is -0.501. The SMILES string of the molecule is COC(=O)c1ccc(C(=O)Oc2ccc3ccc(OC)cc3c2)cc1. The van der Waals surface area contributed by atoms with Gasteiger partial charge in [-0.05, 0) is 59.3 Å². The molecular weight excluding hydrogens is 320 g/mol. The van der Waals surface area contributed by atoms with Gasteiger partial charge in [0.25, 0.3) is 0 Å². The Kier molecular flexibility index (Phi) is 4.66. The molecule has 0 saturated heterocycles. The van der Waals surface area contributed by atoms with Gasteiger partial charge in [-0.25, -0.2) is 9.59 Å². The average Bonchev–Trinajstić information content (AvgIpc) is 2.66. The van der Waals surface area contributed by atoms with Crippen molar-refractivity contribution in [1.82, 2.24) is 0 Å². The maximum atomic E-state index is 12.3. The van der Waals surface area contributed by atoms with Crippen molar-refractivity contribution in [2.45, 2.75) is 0 Å². The molecule has 5 heteroatoms. The highest BCUT2D eigenvalue weighted by Crippen LogP contribution is 2.25. The van der Waals surface area contributed by atoms with Crippen molar-refractivity contribution in [3.63, 3.8) is 0 Å². The Labute approximate surface area is 144 Å².